The third kappa shape index (κ3) is 5.37. The van der Waals surface area contributed by atoms with E-state index in [1.807, 2.05) is 31.2 Å². The average Bonchev–Trinajstić information content (AvgIpc) is 3.24. The summed E-state index contributed by atoms with van der Waals surface area (Å²) in [6.45, 7) is 8.02. The fourth-order valence-corrected chi connectivity index (χ4v) is 5.22. The van der Waals surface area contributed by atoms with Crippen LogP contribution in [0.3, 0.4) is 0 Å². The van der Waals surface area contributed by atoms with Crippen LogP contribution >= 0.6 is 11.8 Å². The van der Waals surface area contributed by atoms with E-state index in [0.717, 1.165) is 23.0 Å². The summed E-state index contributed by atoms with van der Waals surface area (Å²) >= 11 is 1.14. The van der Waals surface area contributed by atoms with Gasteiger partial charge in [-0.3, -0.25) is 4.79 Å². The number of rotatable bonds is 9. The number of hydrogen-bond acceptors (Lipinski definition) is 7. The maximum absolute atomic E-state index is 12.8. The lowest BCUT2D eigenvalue weighted by Gasteiger charge is -2.18. The van der Waals surface area contributed by atoms with Gasteiger partial charge in [-0.15, -0.1) is 10.2 Å². The minimum absolute atomic E-state index is 0.164. The number of nitrogens with zero attached hydrogens (tertiary/aromatic N) is 3. The molecule has 2 aromatic carbocycles. The zero-order chi connectivity index (χ0) is 23.3. The second-order valence-corrected chi connectivity index (χ2v) is 10.3. The molecule has 3 rings (SSSR count). The van der Waals surface area contributed by atoms with Gasteiger partial charge in [0.1, 0.15) is 0 Å². The first-order chi connectivity index (χ1) is 15.3. The number of amides is 1. The molecular formula is C22H26N4O4S2. The second kappa shape index (κ2) is 10.3. The molecule has 0 aliphatic heterocycles. The Bertz CT molecular complexity index is 1190. The molecule has 1 amide bonds. The summed E-state index contributed by atoms with van der Waals surface area (Å²) in [5, 5.41) is 10.7. The number of carbonyl (C=O) groups excluding carboxylic acids is 1. The summed E-state index contributed by atoms with van der Waals surface area (Å²) in [6, 6.07) is 13.9. The maximum Gasteiger partial charge on any atom is 0.277 e. The fraction of sp³-hybridized carbons (Fsp3) is 0.318. The number of benzene rings is 2. The zero-order valence-electron chi connectivity index (χ0n) is 18.4. The van der Waals surface area contributed by atoms with Crippen LogP contribution in [0.1, 0.15) is 26.3 Å². The van der Waals surface area contributed by atoms with Gasteiger partial charge in [0.25, 0.3) is 5.22 Å². The van der Waals surface area contributed by atoms with Crippen molar-refractivity contribution in [3.05, 3.63) is 54.1 Å². The molecule has 8 nitrogen and oxygen atoms in total. The first-order valence-electron chi connectivity index (χ1n) is 10.2. The van der Waals surface area contributed by atoms with E-state index in [2.05, 4.69) is 15.5 Å². The lowest BCUT2D eigenvalue weighted by Crippen LogP contribution is -2.30. The molecule has 1 heterocycles. The largest absolute Gasteiger partial charge is 0.411 e. The summed E-state index contributed by atoms with van der Waals surface area (Å²) in [7, 11) is -3.60. The molecule has 1 N–H and O–H groups in total. The molecule has 1 atom stereocenters. The number of carbonyl (C=O) groups is 1. The molecule has 0 fully saturated rings. The Labute approximate surface area is 192 Å². The molecule has 32 heavy (non-hydrogen) atoms. The van der Waals surface area contributed by atoms with Crippen LogP contribution in [0, 0.1) is 6.92 Å². The van der Waals surface area contributed by atoms with Gasteiger partial charge in [0.05, 0.1) is 10.1 Å². The van der Waals surface area contributed by atoms with Crippen LogP contribution in [-0.4, -0.2) is 47.2 Å². The summed E-state index contributed by atoms with van der Waals surface area (Å²) in [4.78, 5) is 12.7. The van der Waals surface area contributed by atoms with E-state index >= 15 is 0 Å². The summed E-state index contributed by atoms with van der Waals surface area (Å²) in [6.07, 6.45) is 0. The monoisotopic (exact) mass is 474 g/mol. The van der Waals surface area contributed by atoms with Crippen LogP contribution in [0.25, 0.3) is 11.5 Å². The molecular weight excluding hydrogens is 448 g/mol. The Morgan fingerprint density at radius 3 is 2.53 bits per heavy atom. The lowest BCUT2D eigenvalue weighted by atomic mass is 10.2. The number of aromatic nitrogens is 2. The van der Waals surface area contributed by atoms with Gasteiger partial charge in [-0.1, -0.05) is 49.9 Å². The maximum atomic E-state index is 12.8. The smallest absolute Gasteiger partial charge is 0.277 e. The first-order valence-corrected chi connectivity index (χ1v) is 12.6. The predicted octanol–water partition coefficient (Wildman–Crippen LogP) is 4.19. The number of aryl methyl sites for hydroxylation is 1. The number of sulfonamides is 1. The van der Waals surface area contributed by atoms with E-state index in [1.54, 1.807) is 39.0 Å². The highest BCUT2D eigenvalue weighted by atomic mass is 32.2. The number of hydrogen-bond donors (Lipinski definition) is 1. The third-order valence-corrected chi connectivity index (χ3v) is 7.86. The molecule has 0 aliphatic carbocycles. The van der Waals surface area contributed by atoms with Crippen LogP contribution in [0.4, 0.5) is 5.69 Å². The number of anilines is 1. The first kappa shape index (κ1) is 24.0. The molecule has 0 aliphatic rings. The van der Waals surface area contributed by atoms with Crippen molar-refractivity contribution in [1.29, 1.82) is 0 Å². The average molecular weight is 475 g/mol. The van der Waals surface area contributed by atoms with Gasteiger partial charge in [-0.05, 0) is 43.7 Å². The summed E-state index contributed by atoms with van der Waals surface area (Å²) in [5.41, 5.74) is 2.22. The highest BCUT2D eigenvalue weighted by Crippen LogP contribution is 2.28. The highest BCUT2D eigenvalue weighted by molar-refractivity contribution is 8.00. The van der Waals surface area contributed by atoms with E-state index in [0.29, 0.717) is 18.7 Å². The van der Waals surface area contributed by atoms with E-state index in [9.17, 15) is 13.2 Å². The van der Waals surface area contributed by atoms with Crippen molar-refractivity contribution >= 4 is 33.4 Å². The molecule has 3 aromatic rings. The van der Waals surface area contributed by atoms with Gasteiger partial charge in [-0.2, -0.15) is 4.31 Å². The van der Waals surface area contributed by atoms with Gasteiger partial charge < -0.3 is 9.73 Å². The van der Waals surface area contributed by atoms with Gasteiger partial charge in [0.15, 0.2) is 0 Å². The quantitative estimate of drug-likeness (QED) is 0.464. The molecule has 1 unspecified atom stereocenters. The molecule has 0 bridgehead atoms. The molecule has 10 heteroatoms. The van der Waals surface area contributed by atoms with Gasteiger partial charge in [0.2, 0.25) is 21.8 Å². The minimum atomic E-state index is -3.60. The number of nitrogens with one attached hydrogen (secondary N) is 1. The van der Waals surface area contributed by atoms with Crippen molar-refractivity contribution in [2.75, 3.05) is 18.4 Å². The Morgan fingerprint density at radius 2 is 1.84 bits per heavy atom. The standard InChI is InChI=1S/C22H26N4O4S2/c1-5-26(6-2)32(28,29)18-12-9-11-17(14-18)21-24-25-22(30-21)31-16(4)20(27)23-19-13-8-7-10-15(19)3/h7-14,16H,5-6H2,1-4H3,(H,23,27). The van der Waals surface area contributed by atoms with Crippen LogP contribution in [-0.2, 0) is 14.8 Å². The van der Waals surface area contributed by atoms with E-state index in [4.69, 9.17) is 4.42 Å². The molecule has 170 valence electrons. The fourth-order valence-electron chi connectivity index (χ4n) is 3.03. The van der Waals surface area contributed by atoms with E-state index in [-0.39, 0.29) is 21.9 Å². The Kier molecular flexibility index (Phi) is 7.70. The molecule has 1 aromatic heterocycles. The van der Waals surface area contributed by atoms with Crippen molar-refractivity contribution in [1.82, 2.24) is 14.5 Å². The SMILES string of the molecule is CCN(CC)S(=O)(=O)c1cccc(-c2nnc(SC(C)C(=O)Nc3ccccc3C)o2)c1. The molecule has 0 spiro atoms. The minimum Gasteiger partial charge on any atom is -0.411 e. The molecule has 0 saturated carbocycles. The van der Waals surface area contributed by atoms with Crippen molar-refractivity contribution in [2.24, 2.45) is 0 Å². The lowest BCUT2D eigenvalue weighted by molar-refractivity contribution is -0.115. The Balaban J connectivity index is 1.73. The van der Waals surface area contributed by atoms with E-state index in [1.165, 1.54) is 10.4 Å². The van der Waals surface area contributed by atoms with Gasteiger partial charge >= 0.3 is 0 Å². The van der Waals surface area contributed by atoms with Crippen molar-refractivity contribution in [3.63, 3.8) is 0 Å². The Hall–Kier alpha value is -2.69. The van der Waals surface area contributed by atoms with Crippen LogP contribution in [0.5, 0.6) is 0 Å². The third-order valence-electron chi connectivity index (χ3n) is 4.88. The molecule has 0 radical (unpaired) electrons. The van der Waals surface area contributed by atoms with Crippen molar-refractivity contribution < 1.29 is 17.6 Å². The summed E-state index contributed by atoms with van der Waals surface area (Å²) < 4.78 is 32.7. The second-order valence-electron chi connectivity index (χ2n) is 7.05. The van der Waals surface area contributed by atoms with Gasteiger partial charge in [-0.25, -0.2) is 8.42 Å². The highest BCUT2D eigenvalue weighted by Gasteiger charge is 2.23. The van der Waals surface area contributed by atoms with Crippen molar-refractivity contribution in [3.8, 4) is 11.5 Å². The van der Waals surface area contributed by atoms with Crippen LogP contribution in [0.2, 0.25) is 0 Å². The Morgan fingerprint density at radius 1 is 1.12 bits per heavy atom. The molecule has 0 saturated heterocycles. The normalized spacial score (nSPS) is 12.7. The van der Waals surface area contributed by atoms with Crippen LogP contribution < -0.4 is 5.32 Å². The summed E-state index contributed by atoms with van der Waals surface area (Å²) in [5.74, 6) is 0.00646. The van der Waals surface area contributed by atoms with Gasteiger partial charge in [0, 0.05) is 24.3 Å². The predicted molar refractivity (Wildman–Crippen MR) is 125 cm³/mol. The van der Waals surface area contributed by atoms with Crippen LogP contribution in [0.15, 0.2) is 63.1 Å². The number of para-hydroxylation sites is 1. The van der Waals surface area contributed by atoms with E-state index < -0.39 is 15.3 Å². The zero-order valence-corrected chi connectivity index (χ0v) is 20.0. The van der Waals surface area contributed by atoms with Crippen molar-refractivity contribution in [2.45, 2.75) is 43.1 Å². The topological polar surface area (TPSA) is 105 Å². The number of thioether (sulfide) groups is 1.